The second-order valence-electron chi connectivity index (χ2n) is 14.1. The molecule has 0 saturated carbocycles. The van der Waals surface area contributed by atoms with Crippen molar-refractivity contribution in [2.24, 2.45) is 17.8 Å². The van der Waals surface area contributed by atoms with Crippen molar-refractivity contribution in [1.29, 1.82) is 0 Å². The molecular weight excluding hydrogens is 546 g/mol. The lowest BCUT2D eigenvalue weighted by Crippen LogP contribution is -2.37. The highest BCUT2D eigenvalue weighted by Gasteiger charge is 2.49. The van der Waals surface area contributed by atoms with E-state index in [1.54, 1.807) is 0 Å². The second kappa shape index (κ2) is 11.4. The largest absolute Gasteiger partial charge is 0.361 e. The Morgan fingerprint density at radius 3 is 2.51 bits per heavy atom. The summed E-state index contributed by atoms with van der Waals surface area (Å²) < 4.78 is 2.63. The lowest BCUT2D eigenvalue weighted by Gasteiger charge is -2.37. The Hall–Kier alpha value is -3.98. The van der Waals surface area contributed by atoms with Crippen LogP contribution in [-0.4, -0.2) is 21.6 Å². The van der Waals surface area contributed by atoms with Gasteiger partial charge < -0.3 is 14.8 Å². The standard InChI is InChI=1S/C42H45N3/c1-2-10-29(11-3-1)30-18-20-31(21-19-30)43-32-22-24-33(25-23-32)44-39-15-7-6-14-37(39)38-27-26-34(28-42(38)44)45-40-16-8-4-12-35(40)36-13-5-9-17-41(36)45/h2,4,7-12,15-18,20-22,24,28,30,37-39,42-43H,1,3,5-6,13-14,19,23,25-27H2. The molecule has 3 nitrogen and oxygen atoms in total. The zero-order valence-corrected chi connectivity index (χ0v) is 26.4. The first-order valence-electron chi connectivity index (χ1n) is 17.7. The molecule has 5 unspecified atom stereocenters. The van der Waals surface area contributed by atoms with Gasteiger partial charge in [0.2, 0.25) is 0 Å². The third-order valence-corrected chi connectivity index (χ3v) is 11.6. The van der Waals surface area contributed by atoms with Gasteiger partial charge in [0.05, 0.1) is 17.6 Å². The van der Waals surface area contributed by atoms with Crippen molar-refractivity contribution in [3.8, 4) is 0 Å². The van der Waals surface area contributed by atoms with Crippen LogP contribution in [0.5, 0.6) is 0 Å². The molecule has 1 fully saturated rings. The molecule has 1 aliphatic heterocycles. The molecule has 6 aliphatic carbocycles. The van der Waals surface area contributed by atoms with Crippen LogP contribution in [0.4, 0.5) is 0 Å². The van der Waals surface area contributed by atoms with Crippen molar-refractivity contribution in [1.82, 2.24) is 14.8 Å². The highest BCUT2D eigenvalue weighted by atomic mass is 15.2. The summed E-state index contributed by atoms with van der Waals surface area (Å²) in [6.07, 6.45) is 44.4. The van der Waals surface area contributed by atoms with Crippen LogP contribution in [0.2, 0.25) is 0 Å². The summed E-state index contributed by atoms with van der Waals surface area (Å²) in [4.78, 5) is 2.85. The summed E-state index contributed by atoms with van der Waals surface area (Å²) in [5, 5.41) is 5.22. The average molecular weight is 592 g/mol. The number of nitrogens with one attached hydrogen (secondary N) is 1. The van der Waals surface area contributed by atoms with Crippen LogP contribution < -0.4 is 5.32 Å². The van der Waals surface area contributed by atoms with Crippen LogP contribution in [0, 0.1) is 17.8 Å². The molecule has 1 N–H and O–H groups in total. The number of allylic oxidation sites excluding steroid dienone is 14. The minimum atomic E-state index is 0.467. The van der Waals surface area contributed by atoms with Crippen molar-refractivity contribution in [3.63, 3.8) is 0 Å². The van der Waals surface area contributed by atoms with Gasteiger partial charge in [0.15, 0.2) is 0 Å². The molecule has 0 spiro atoms. The molecule has 9 rings (SSSR count). The SMILES string of the molecule is C1=CC(C2C=CC(NC3=CC=C(N4C5C=CCCC5C5CCC(n6c7c(c8ccccc86)CCC=C7)=CC54)CC3)=CC2)=CCC1. The fourth-order valence-corrected chi connectivity index (χ4v) is 9.51. The average Bonchev–Trinajstić information content (AvgIpc) is 3.62. The Balaban J connectivity index is 1.00. The molecule has 1 aromatic heterocycles. The molecule has 45 heavy (non-hydrogen) atoms. The first-order valence-corrected chi connectivity index (χ1v) is 17.7. The molecule has 0 amide bonds. The van der Waals surface area contributed by atoms with Crippen molar-refractivity contribution in [2.75, 3.05) is 0 Å². The summed E-state index contributed by atoms with van der Waals surface area (Å²) in [5.41, 5.74) is 11.5. The fourth-order valence-electron chi connectivity index (χ4n) is 9.51. The van der Waals surface area contributed by atoms with Crippen molar-refractivity contribution >= 4 is 22.7 Å². The number of aryl methyl sites for hydroxylation is 1. The quantitative estimate of drug-likeness (QED) is 0.349. The maximum Gasteiger partial charge on any atom is 0.0534 e. The number of hydrogen-bond donors (Lipinski definition) is 1. The third kappa shape index (κ3) is 4.78. The normalized spacial score (nSPS) is 30.2. The smallest absolute Gasteiger partial charge is 0.0534 e. The van der Waals surface area contributed by atoms with Gasteiger partial charge in [-0.3, -0.25) is 0 Å². The van der Waals surface area contributed by atoms with Gasteiger partial charge in [-0.25, -0.2) is 0 Å². The van der Waals surface area contributed by atoms with Gasteiger partial charge in [0.1, 0.15) is 0 Å². The van der Waals surface area contributed by atoms with Gasteiger partial charge in [0.25, 0.3) is 0 Å². The van der Waals surface area contributed by atoms with E-state index in [9.17, 15) is 0 Å². The maximum atomic E-state index is 3.78. The van der Waals surface area contributed by atoms with Crippen molar-refractivity contribution in [3.05, 3.63) is 131 Å². The van der Waals surface area contributed by atoms with E-state index in [0.29, 0.717) is 18.0 Å². The van der Waals surface area contributed by atoms with Gasteiger partial charge in [-0.2, -0.15) is 0 Å². The molecule has 1 saturated heterocycles. The molecule has 5 atom stereocenters. The minimum absolute atomic E-state index is 0.467. The molecule has 0 bridgehead atoms. The highest BCUT2D eigenvalue weighted by molar-refractivity contribution is 5.92. The Bertz CT molecular complexity index is 1800. The lowest BCUT2D eigenvalue weighted by atomic mass is 9.76. The number of likely N-dealkylation sites (tertiary alicyclic amines) is 1. The molecule has 7 aliphatic rings. The van der Waals surface area contributed by atoms with Crippen molar-refractivity contribution in [2.45, 2.75) is 82.7 Å². The van der Waals surface area contributed by atoms with E-state index in [0.717, 1.165) is 43.9 Å². The van der Waals surface area contributed by atoms with Crippen LogP contribution in [-0.2, 0) is 6.42 Å². The Labute approximate surface area is 268 Å². The third-order valence-electron chi connectivity index (χ3n) is 11.6. The summed E-state index contributed by atoms with van der Waals surface area (Å²) in [6, 6.07) is 10.1. The zero-order valence-electron chi connectivity index (χ0n) is 26.4. The Kier molecular flexibility index (Phi) is 6.94. The van der Waals surface area contributed by atoms with Gasteiger partial charge in [-0.05, 0) is 130 Å². The number of fused-ring (bicyclic) bond motifs is 6. The number of aromatic nitrogens is 1. The maximum absolute atomic E-state index is 3.78. The first-order chi connectivity index (χ1) is 22.3. The van der Waals surface area contributed by atoms with Crippen LogP contribution in [0.15, 0.2) is 120 Å². The molecule has 3 heteroatoms. The second-order valence-corrected chi connectivity index (χ2v) is 14.1. The summed E-state index contributed by atoms with van der Waals surface area (Å²) in [5.74, 6) is 2.02. The van der Waals surface area contributed by atoms with E-state index in [1.165, 1.54) is 89.0 Å². The van der Waals surface area contributed by atoms with Crippen molar-refractivity contribution < 1.29 is 0 Å². The molecule has 228 valence electrons. The number of para-hydroxylation sites is 1. The monoisotopic (exact) mass is 591 g/mol. The molecule has 2 heterocycles. The summed E-state index contributed by atoms with van der Waals surface area (Å²) >= 11 is 0. The number of benzene rings is 1. The molecular formula is C42H45N3. The fraction of sp³-hybridized carbons (Fsp3) is 0.381. The van der Waals surface area contributed by atoms with Gasteiger partial charge in [-0.15, -0.1) is 0 Å². The van der Waals surface area contributed by atoms with Gasteiger partial charge in [0, 0.05) is 39.8 Å². The van der Waals surface area contributed by atoms with Crippen LogP contribution in [0.25, 0.3) is 22.7 Å². The van der Waals surface area contributed by atoms with E-state index in [4.69, 9.17) is 0 Å². The predicted octanol–water partition coefficient (Wildman–Crippen LogP) is 9.76. The van der Waals surface area contributed by atoms with E-state index in [1.807, 2.05) is 0 Å². The minimum Gasteiger partial charge on any atom is -0.361 e. The van der Waals surface area contributed by atoms with Crippen LogP contribution in [0.3, 0.4) is 0 Å². The topological polar surface area (TPSA) is 20.2 Å². The number of nitrogens with zero attached hydrogens (tertiary/aromatic N) is 2. The van der Waals surface area contributed by atoms with Crippen LogP contribution in [0.1, 0.15) is 75.5 Å². The van der Waals surface area contributed by atoms with E-state index in [2.05, 4.69) is 118 Å². The molecule has 1 aromatic carbocycles. The predicted molar refractivity (Wildman–Crippen MR) is 188 cm³/mol. The van der Waals surface area contributed by atoms with E-state index in [-0.39, 0.29) is 0 Å². The van der Waals surface area contributed by atoms with E-state index >= 15 is 0 Å². The summed E-state index contributed by atoms with van der Waals surface area (Å²) in [7, 11) is 0. The van der Waals surface area contributed by atoms with Crippen LogP contribution >= 0.6 is 0 Å². The zero-order chi connectivity index (χ0) is 29.7. The number of hydrogen-bond acceptors (Lipinski definition) is 2. The first kappa shape index (κ1) is 27.3. The Morgan fingerprint density at radius 2 is 1.64 bits per heavy atom. The van der Waals surface area contributed by atoms with Gasteiger partial charge >= 0.3 is 0 Å². The molecule has 2 aromatic rings. The number of rotatable bonds is 5. The van der Waals surface area contributed by atoms with Gasteiger partial charge in [-0.1, -0.05) is 66.8 Å². The summed E-state index contributed by atoms with van der Waals surface area (Å²) in [6.45, 7) is 0. The highest BCUT2D eigenvalue weighted by Crippen LogP contribution is 2.50. The Morgan fingerprint density at radius 1 is 0.711 bits per heavy atom. The molecule has 0 radical (unpaired) electrons. The van der Waals surface area contributed by atoms with E-state index < -0.39 is 0 Å². The lowest BCUT2D eigenvalue weighted by molar-refractivity contribution is 0.274.